The average molecular weight is 1970 g/mol. The molecule has 0 aromatic carbocycles. The van der Waals surface area contributed by atoms with Gasteiger partial charge in [0.05, 0.1) is 72.7 Å². The molecular formula is C74H124N4O56. The van der Waals surface area contributed by atoms with E-state index in [1.54, 1.807) is 0 Å². The van der Waals surface area contributed by atoms with E-state index < -0.39 is 434 Å². The molecule has 35 N–H and O–H groups in total. The predicted molar refractivity (Wildman–Crippen MR) is 409 cm³/mol. The van der Waals surface area contributed by atoms with Crippen molar-refractivity contribution in [3.05, 3.63) is 0 Å². The summed E-state index contributed by atoms with van der Waals surface area (Å²) in [6.07, 6.45) is -110. The van der Waals surface area contributed by atoms with Crippen LogP contribution in [0.2, 0.25) is 0 Å². The smallest absolute Gasteiger partial charge is 0.217 e. The van der Waals surface area contributed by atoms with Gasteiger partial charge in [-0.1, -0.05) is 0 Å². The van der Waals surface area contributed by atoms with Gasteiger partial charge in [0.15, 0.2) is 69.2 Å². The van der Waals surface area contributed by atoms with Crippen molar-refractivity contribution in [3.8, 4) is 0 Å². The third-order valence-corrected chi connectivity index (χ3v) is 24.6. The highest BCUT2D eigenvalue weighted by Crippen LogP contribution is 2.42. The van der Waals surface area contributed by atoms with Gasteiger partial charge in [-0.3, -0.25) is 19.2 Å². The Hall–Kier alpha value is -4.20. The predicted octanol–water partition coefficient (Wildman–Crippen LogP) is -24.4. The number of carbonyl (C=O) groups excluding carboxylic acids is 4. The van der Waals surface area contributed by atoms with Crippen molar-refractivity contribution in [2.75, 3.05) is 72.7 Å². The number of aliphatic hydroxyl groups excluding tert-OH is 31. The molecule has 776 valence electrons. The van der Waals surface area contributed by atoms with Gasteiger partial charge in [-0.15, -0.1) is 0 Å². The zero-order valence-electron chi connectivity index (χ0n) is 71.6. The van der Waals surface area contributed by atoms with Gasteiger partial charge >= 0.3 is 0 Å². The molecule has 4 amide bonds. The van der Waals surface area contributed by atoms with E-state index in [2.05, 4.69) is 21.3 Å². The zero-order chi connectivity index (χ0) is 98.5. The van der Waals surface area contributed by atoms with Crippen LogP contribution in [0.25, 0.3) is 0 Å². The molecule has 60 nitrogen and oxygen atoms in total. The summed E-state index contributed by atoms with van der Waals surface area (Å²) < 4.78 is 125. The van der Waals surface area contributed by atoms with Gasteiger partial charge in [0.2, 0.25) is 23.6 Å². The van der Waals surface area contributed by atoms with Crippen LogP contribution in [0.3, 0.4) is 0 Å². The van der Waals surface area contributed by atoms with Crippen molar-refractivity contribution in [1.29, 1.82) is 0 Å². The van der Waals surface area contributed by atoms with Gasteiger partial charge in [0.25, 0.3) is 0 Å². The Morgan fingerprint density at radius 1 is 0.194 bits per heavy atom. The van der Waals surface area contributed by atoms with E-state index in [0.717, 1.165) is 27.7 Å². The monoisotopic (exact) mass is 1960 g/mol. The maximum atomic E-state index is 13.4. The van der Waals surface area contributed by atoms with Crippen LogP contribution in [0.4, 0.5) is 0 Å². The maximum Gasteiger partial charge on any atom is 0.217 e. The standard InChI is InChI=1S/C74H124N4O56/c1-16(89)75-31-42(100)55(26(11-85)115-64(31)113)126-65-32(76-17(2)90)43(101)56(27(12-86)122-65)127-72-54(112)61(132-74-63(47(105)38(96)23(8-82)121-74)134-67-34(78-19(4)92)60(40(98)25(10-84)117-67)131-71-53(111)49(107)58(29(14-88)124-71)129-69-51(109)45(103)36(94)21(6-80)119-69)41(99)30(125-72)15-114-73-62(46(104)37(95)22(7-81)120-73)133-66-33(77-18(3)91)59(39(97)24(9-83)116-66)130-70-52(110)48(106)57(28(13-87)123-70)128-68-50(108)44(102)35(93)20(5-79)118-68/h20-74,79-88,93-113H,5-15H2,1-4H3,(H,75,89)(H,76,90)(H,77,91)(H,78,92). The third kappa shape index (κ3) is 24.0. The van der Waals surface area contributed by atoms with Crippen molar-refractivity contribution in [2.24, 2.45) is 0 Å². The van der Waals surface area contributed by atoms with Crippen molar-refractivity contribution in [1.82, 2.24) is 21.3 Å². The van der Waals surface area contributed by atoms with E-state index in [1.165, 1.54) is 0 Å². The molecule has 11 aliphatic rings. The second kappa shape index (κ2) is 48.3. The van der Waals surface area contributed by atoms with E-state index in [4.69, 9.17) is 99.5 Å². The number of amides is 4. The SMILES string of the molecule is CC(=O)NC1C(O)OC(CO)C(OC2OC(CO)C(OC3OC(COC4OC(CO)C(O)C(O)C4OC4OC(CO)C(O)C(OC5OC(CO)C(OC6OC(CO)C(O)C(O)C6O)C(O)C5O)C4NC(C)=O)C(O)C(OC4OC(CO)C(O)C(O)C4OC4OC(CO)C(O)C(OC5OC(CO)C(OC6OC(CO)C(O)C(O)C6O)C(O)C5O)C4NC(C)=O)C3O)C(O)C2NC(C)=O)C1O. The van der Waals surface area contributed by atoms with E-state index in [1.807, 2.05) is 0 Å². The lowest BCUT2D eigenvalue weighted by molar-refractivity contribution is -0.400. The Morgan fingerprint density at radius 3 is 0.799 bits per heavy atom. The number of aliphatic hydroxyl groups is 31. The summed E-state index contributed by atoms with van der Waals surface area (Å²) in [5.41, 5.74) is 0. The highest BCUT2D eigenvalue weighted by molar-refractivity contribution is 5.74. The minimum atomic E-state index is -2.67. The van der Waals surface area contributed by atoms with Crippen molar-refractivity contribution in [3.63, 3.8) is 0 Å². The summed E-state index contributed by atoms with van der Waals surface area (Å²) in [7, 11) is 0. The van der Waals surface area contributed by atoms with Gasteiger partial charge in [-0.2, -0.15) is 0 Å². The van der Waals surface area contributed by atoms with Gasteiger partial charge in [0.1, 0.15) is 268 Å². The number of nitrogens with one attached hydrogen (secondary N) is 4. The number of hydrogen-bond donors (Lipinski definition) is 35. The average Bonchev–Trinajstić information content (AvgIpc) is 0.765. The summed E-state index contributed by atoms with van der Waals surface area (Å²) in [6.45, 7) is -8.98. The van der Waals surface area contributed by atoms with Crippen LogP contribution in [0, 0.1) is 0 Å². The normalized spacial score (nSPS) is 49.8. The molecule has 11 heterocycles. The van der Waals surface area contributed by atoms with Gasteiger partial charge < -0.3 is 279 Å². The number of rotatable bonds is 35. The molecule has 0 saturated carbocycles. The fourth-order valence-corrected chi connectivity index (χ4v) is 17.4. The molecule has 60 heteroatoms. The molecule has 0 spiro atoms. The summed E-state index contributed by atoms with van der Waals surface area (Å²) in [4.78, 5) is 52.0. The summed E-state index contributed by atoms with van der Waals surface area (Å²) in [6, 6.07) is -7.80. The minimum absolute atomic E-state index is 0.818. The molecule has 55 atom stereocenters. The first-order valence-corrected chi connectivity index (χ1v) is 42.7. The van der Waals surface area contributed by atoms with E-state index in [0.29, 0.717) is 0 Å². The second-order valence-corrected chi connectivity index (χ2v) is 33.8. The molecule has 11 aliphatic heterocycles. The lowest BCUT2D eigenvalue weighted by Crippen LogP contribution is -2.71. The first kappa shape index (κ1) is 110. The molecule has 11 saturated heterocycles. The van der Waals surface area contributed by atoms with Crippen molar-refractivity contribution < 1.29 is 277 Å². The molecule has 0 aromatic rings. The summed E-state index contributed by atoms with van der Waals surface area (Å²) in [5, 5.41) is 356. The molecule has 134 heavy (non-hydrogen) atoms. The van der Waals surface area contributed by atoms with Gasteiger partial charge in [-0.25, -0.2) is 0 Å². The van der Waals surface area contributed by atoms with Crippen LogP contribution >= 0.6 is 0 Å². The lowest BCUT2D eigenvalue weighted by Gasteiger charge is -2.51. The second-order valence-electron chi connectivity index (χ2n) is 33.8. The zero-order valence-corrected chi connectivity index (χ0v) is 71.6. The highest BCUT2D eigenvalue weighted by Gasteiger charge is 2.63. The molecule has 11 rings (SSSR count). The van der Waals surface area contributed by atoms with Crippen LogP contribution in [-0.2, 0) is 119 Å². The minimum Gasteiger partial charge on any atom is -0.394 e. The third-order valence-electron chi connectivity index (χ3n) is 24.6. The number of ether oxygens (including phenoxy) is 21. The topological polar surface area (TPSA) is 937 Å². The Bertz CT molecular complexity index is 3650. The Kier molecular flexibility index (Phi) is 39.7. The molecule has 0 aliphatic carbocycles. The molecule has 0 radical (unpaired) electrons. The highest BCUT2D eigenvalue weighted by atomic mass is 16.8. The first-order chi connectivity index (χ1) is 63.5. The van der Waals surface area contributed by atoms with Crippen molar-refractivity contribution in [2.45, 2.75) is 365 Å². The Balaban J connectivity index is 0.913. The van der Waals surface area contributed by atoms with Crippen LogP contribution < -0.4 is 21.3 Å². The summed E-state index contributed by atoms with van der Waals surface area (Å²) in [5.74, 6) is -3.87. The van der Waals surface area contributed by atoms with E-state index >= 15 is 0 Å². The van der Waals surface area contributed by atoms with Gasteiger partial charge in [0, 0.05) is 27.7 Å². The fraction of sp³-hybridized carbons (Fsp3) is 0.946. The first-order valence-electron chi connectivity index (χ1n) is 42.7. The molecule has 0 bridgehead atoms. The van der Waals surface area contributed by atoms with Crippen LogP contribution in [-0.4, -0.2) is 592 Å². The summed E-state index contributed by atoms with van der Waals surface area (Å²) >= 11 is 0. The largest absolute Gasteiger partial charge is 0.394 e. The Labute approximate surface area is 757 Å². The molecule has 55 unspecified atom stereocenters. The van der Waals surface area contributed by atoms with Crippen LogP contribution in [0.15, 0.2) is 0 Å². The van der Waals surface area contributed by atoms with Crippen LogP contribution in [0.1, 0.15) is 27.7 Å². The fourth-order valence-electron chi connectivity index (χ4n) is 17.4. The van der Waals surface area contributed by atoms with Gasteiger partial charge in [-0.05, 0) is 0 Å². The lowest BCUT2D eigenvalue weighted by atomic mass is 9.93. The van der Waals surface area contributed by atoms with E-state index in [9.17, 15) is 177 Å². The molecule has 11 fully saturated rings. The number of carbonyl (C=O) groups is 4. The molecular weight excluding hydrogens is 1840 g/mol. The number of hydrogen-bond acceptors (Lipinski definition) is 56. The van der Waals surface area contributed by atoms with Crippen LogP contribution in [0.5, 0.6) is 0 Å². The maximum absolute atomic E-state index is 13.4. The quantitative estimate of drug-likeness (QED) is 0.0280. The van der Waals surface area contributed by atoms with Crippen molar-refractivity contribution >= 4 is 23.6 Å². The molecule has 0 aromatic heterocycles. The Morgan fingerprint density at radius 2 is 0.418 bits per heavy atom. The van der Waals surface area contributed by atoms with E-state index in [-0.39, 0.29) is 0 Å².